The molecule has 0 N–H and O–H groups in total. The summed E-state index contributed by atoms with van der Waals surface area (Å²) in [5.74, 6) is 0.722. The molecule has 110 valence electrons. The Labute approximate surface area is 114 Å². The predicted molar refractivity (Wildman–Crippen MR) is 78.5 cm³/mol. The van der Waals surface area contributed by atoms with Crippen molar-refractivity contribution < 1.29 is 9.78 Å². The molecule has 18 heavy (non-hydrogen) atoms. The van der Waals surface area contributed by atoms with Gasteiger partial charge in [0.1, 0.15) is 0 Å². The highest BCUT2D eigenvalue weighted by atomic mass is 17.2. The summed E-state index contributed by atoms with van der Waals surface area (Å²) in [6.07, 6.45) is 5.76. The number of unbranched alkanes of at least 4 members (excludes halogenated alkanes) is 1. The van der Waals surface area contributed by atoms with E-state index in [1.807, 2.05) is 0 Å². The Bertz CT molecular complexity index is 202. The SMILES string of the molecule is CC(C)CCC(C)(C)OOCCCCC(C)(C)C. The van der Waals surface area contributed by atoms with Gasteiger partial charge in [-0.15, -0.1) is 0 Å². The van der Waals surface area contributed by atoms with Crippen LogP contribution in [0.5, 0.6) is 0 Å². The zero-order valence-electron chi connectivity index (χ0n) is 13.6. The van der Waals surface area contributed by atoms with Crippen LogP contribution >= 0.6 is 0 Å². The zero-order chi connectivity index (χ0) is 14.2. The van der Waals surface area contributed by atoms with Crippen LogP contribution in [0.25, 0.3) is 0 Å². The highest BCUT2D eigenvalue weighted by Gasteiger charge is 2.20. The smallest absolute Gasteiger partial charge is 0.0980 e. The summed E-state index contributed by atoms with van der Waals surface area (Å²) in [5, 5.41) is 0. The Morgan fingerprint density at radius 2 is 1.50 bits per heavy atom. The van der Waals surface area contributed by atoms with Crippen molar-refractivity contribution in [1.82, 2.24) is 0 Å². The van der Waals surface area contributed by atoms with Crippen molar-refractivity contribution in [2.75, 3.05) is 6.61 Å². The lowest BCUT2D eigenvalue weighted by atomic mass is 9.90. The van der Waals surface area contributed by atoms with E-state index < -0.39 is 0 Å². The average Bonchev–Trinajstić information content (AvgIpc) is 2.19. The van der Waals surface area contributed by atoms with Crippen LogP contribution in [0.4, 0.5) is 0 Å². The van der Waals surface area contributed by atoms with E-state index in [0.29, 0.717) is 12.0 Å². The van der Waals surface area contributed by atoms with E-state index in [1.54, 1.807) is 0 Å². The number of hydrogen-bond donors (Lipinski definition) is 0. The van der Waals surface area contributed by atoms with E-state index >= 15 is 0 Å². The molecule has 2 nitrogen and oxygen atoms in total. The molecule has 0 aromatic heterocycles. The molecule has 0 heterocycles. The minimum absolute atomic E-state index is 0.158. The summed E-state index contributed by atoms with van der Waals surface area (Å²) in [6, 6.07) is 0. The molecule has 0 spiro atoms. The van der Waals surface area contributed by atoms with Gasteiger partial charge in [0.05, 0.1) is 12.2 Å². The third-order valence-corrected chi connectivity index (χ3v) is 3.01. The molecule has 0 aliphatic carbocycles. The van der Waals surface area contributed by atoms with Gasteiger partial charge >= 0.3 is 0 Å². The molecule has 0 rings (SSSR count). The second kappa shape index (κ2) is 8.16. The molecule has 0 unspecified atom stereocenters. The summed E-state index contributed by atoms with van der Waals surface area (Å²) < 4.78 is 0. The molecule has 0 aliphatic heterocycles. The van der Waals surface area contributed by atoms with Gasteiger partial charge in [0.25, 0.3) is 0 Å². The van der Waals surface area contributed by atoms with E-state index in [1.165, 1.54) is 19.3 Å². The normalized spacial score (nSPS) is 13.3. The van der Waals surface area contributed by atoms with E-state index in [2.05, 4.69) is 48.5 Å². The Morgan fingerprint density at radius 1 is 0.889 bits per heavy atom. The second-order valence-corrected chi connectivity index (χ2v) is 7.62. The highest BCUT2D eigenvalue weighted by molar-refractivity contribution is 4.67. The van der Waals surface area contributed by atoms with Gasteiger partial charge < -0.3 is 0 Å². The van der Waals surface area contributed by atoms with Crippen LogP contribution in [0, 0.1) is 11.3 Å². The molecule has 0 aromatic rings. The van der Waals surface area contributed by atoms with Crippen LogP contribution in [0.1, 0.15) is 80.6 Å². The maximum atomic E-state index is 5.51. The van der Waals surface area contributed by atoms with Gasteiger partial charge in [-0.3, -0.25) is 0 Å². The molecular formula is C16H34O2. The van der Waals surface area contributed by atoms with Gasteiger partial charge in [0, 0.05) is 0 Å². The average molecular weight is 258 g/mol. The molecule has 0 atom stereocenters. The molecule has 2 heteroatoms. The standard InChI is InChI=1S/C16H34O2/c1-14(2)10-12-16(6,7)18-17-13-9-8-11-15(3,4)5/h14H,8-13H2,1-7H3. The minimum Gasteiger partial charge on any atom is -0.236 e. The summed E-state index contributed by atoms with van der Waals surface area (Å²) >= 11 is 0. The fourth-order valence-corrected chi connectivity index (χ4v) is 1.70. The topological polar surface area (TPSA) is 18.5 Å². The molecule has 0 aliphatic rings. The van der Waals surface area contributed by atoms with Crippen molar-refractivity contribution >= 4 is 0 Å². The lowest BCUT2D eigenvalue weighted by molar-refractivity contribution is -0.355. The van der Waals surface area contributed by atoms with Crippen molar-refractivity contribution in [2.45, 2.75) is 86.2 Å². The molecule has 0 bridgehead atoms. The third kappa shape index (κ3) is 12.4. The number of hydrogen-bond acceptors (Lipinski definition) is 2. The van der Waals surface area contributed by atoms with E-state index in [-0.39, 0.29) is 5.60 Å². The Hall–Kier alpha value is -0.0800. The summed E-state index contributed by atoms with van der Waals surface area (Å²) in [5.41, 5.74) is 0.270. The Kier molecular flexibility index (Phi) is 8.13. The molecule has 0 saturated heterocycles. The van der Waals surface area contributed by atoms with Crippen molar-refractivity contribution in [1.29, 1.82) is 0 Å². The van der Waals surface area contributed by atoms with Crippen molar-refractivity contribution in [3.05, 3.63) is 0 Å². The lowest BCUT2D eigenvalue weighted by Crippen LogP contribution is -2.25. The van der Waals surface area contributed by atoms with Crippen LogP contribution in [-0.2, 0) is 9.78 Å². The second-order valence-electron chi connectivity index (χ2n) is 7.62. The van der Waals surface area contributed by atoms with E-state index in [0.717, 1.165) is 18.8 Å². The van der Waals surface area contributed by atoms with Gasteiger partial charge in [-0.25, -0.2) is 9.78 Å². The molecule has 0 aromatic carbocycles. The van der Waals surface area contributed by atoms with E-state index in [9.17, 15) is 0 Å². The van der Waals surface area contributed by atoms with Crippen LogP contribution in [0.3, 0.4) is 0 Å². The van der Waals surface area contributed by atoms with Crippen LogP contribution in [0.15, 0.2) is 0 Å². The van der Waals surface area contributed by atoms with Crippen LogP contribution < -0.4 is 0 Å². The molecule has 0 saturated carbocycles. The first-order valence-electron chi connectivity index (χ1n) is 7.43. The largest absolute Gasteiger partial charge is 0.236 e. The minimum atomic E-state index is -0.158. The molecular weight excluding hydrogens is 224 g/mol. The van der Waals surface area contributed by atoms with Crippen LogP contribution in [-0.4, -0.2) is 12.2 Å². The summed E-state index contributed by atoms with van der Waals surface area (Å²) in [6.45, 7) is 16.2. The third-order valence-electron chi connectivity index (χ3n) is 3.01. The van der Waals surface area contributed by atoms with E-state index in [4.69, 9.17) is 9.78 Å². The molecule has 0 radical (unpaired) electrons. The van der Waals surface area contributed by atoms with Crippen molar-refractivity contribution in [3.8, 4) is 0 Å². The quantitative estimate of drug-likeness (QED) is 0.314. The Morgan fingerprint density at radius 3 is 2.00 bits per heavy atom. The van der Waals surface area contributed by atoms with Gasteiger partial charge in [-0.1, -0.05) is 41.0 Å². The summed E-state index contributed by atoms with van der Waals surface area (Å²) in [4.78, 5) is 10.9. The first kappa shape index (κ1) is 17.9. The van der Waals surface area contributed by atoms with Crippen molar-refractivity contribution in [2.24, 2.45) is 11.3 Å². The Balaban J connectivity index is 3.52. The van der Waals surface area contributed by atoms with Crippen LogP contribution in [0.2, 0.25) is 0 Å². The highest BCUT2D eigenvalue weighted by Crippen LogP contribution is 2.22. The monoisotopic (exact) mass is 258 g/mol. The number of rotatable bonds is 9. The van der Waals surface area contributed by atoms with Crippen molar-refractivity contribution in [3.63, 3.8) is 0 Å². The first-order chi connectivity index (χ1) is 8.12. The first-order valence-corrected chi connectivity index (χ1v) is 7.43. The maximum Gasteiger partial charge on any atom is 0.0980 e. The fraction of sp³-hybridized carbons (Fsp3) is 1.00. The lowest BCUT2D eigenvalue weighted by Gasteiger charge is -2.24. The van der Waals surface area contributed by atoms with Gasteiger partial charge in [0.15, 0.2) is 0 Å². The summed E-state index contributed by atoms with van der Waals surface area (Å²) in [7, 11) is 0. The molecule has 0 fully saturated rings. The predicted octanol–water partition coefficient (Wildman–Crippen LogP) is 5.37. The van der Waals surface area contributed by atoms with Gasteiger partial charge in [-0.05, 0) is 50.9 Å². The fourth-order valence-electron chi connectivity index (χ4n) is 1.70. The zero-order valence-corrected chi connectivity index (χ0v) is 13.6. The molecule has 0 amide bonds. The maximum absolute atomic E-state index is 5.51. The van der Waals surface area contributed by atoms with Gasteiger partial charge in [0.2, 0.25) is 0 Å². The van der Waals surface area contributed by atoms with Gasteiger partial charge in [-0.2, -0.15) is 0 Å².